The summed E-state index contributed by atoms with van der Waals surface area (Å²) in [6.45, 7) is 4.16. The molecule has 0 aliphatic carbocycles. The summed E-state index contributed by atoms with van der Waals surface area (Å²) in [5, 5.41) is 21.4. The highest BCUT2D eigenvalue weighted by molar-refractivity contribution is 5.73. The Labute approximate surface area is 109 Å². The highest BCUT2D eigenvalue weighted by Gasteiger charge is 2.20. The quantitative estimate of drug-likeness (QED) is 0.387. The van der Waals surface area contributed by atoms with Crippen molar-refractivity contribution in [2.75, 3.05) is 0 Å². The lowest BCUT2D eigenvalue weighted by atomic mass is 9.99. The molecule has 0 spiro atoms. The first-order chi connectivity index (χ1) is 8.51. The number of hydrogen-bond donors (Lipinski definition) is 3. The third-order valence-corrected chi connectivity index (χ3v) is 2.94. The summed E-state index contributed by atoms with van der Waals surface area (Å²) in [6.07, 6.45) is 4.04. The van der Waals surface area contributed by atoms with Crippen LogP contribution in [0.3, 0.4) is 0 Å². The molecule has 5 nitrogen and oxygen atoms in total. The van der Waals surface area contributed by atoms with Gasteiger partial charge in [0.05, 0.1) is 0 Å². The molecule has 0 aromatic heterocycles. The normalized spacial score (nSPS) is 15.9. The van der Waals surface area contributed by atoms with Crippen molar-refractivity contribution in [3.05, 3.63) is 0 Å². The second-order valence-corrected chi connectivity index (χ2v) is 4.80. The van der Waals surface area contributed by atoms with E-state index in [1.165, 1.54) is 0 Å². The van der Waals surface area contributed by atoms with Crippen molar-refractivity contribution in [1.82, 2.24) is 5.32 Å². The van der Waals surface area contributed by atoms with Gasteiger partial charge in [-0.2, -0.15) is 0 Å². The number of nitrogens with one attached hydrogen (secondary N) is 1. The van der Waals surface area contributed by atoms with Crippen LogP contribution in [-0.4, -0.2) is 34.7 Å². The summed E-state index contributed by atoms with van der Waals surface area (Å²) >= 11 is 0. The smallest absolute Gasteiger partial charge is 0.320 e. The third kappa shape index (κ3) is 8.20. The number of carbonyl (C=O) groups excluding carboxylic acids is 1. The van der Waals surface area contributed by atoms with E-state index >= 15 is 0 Å². The van der Waals surface area contributed by atoms with Crippen molar-refractivity contribution in [3.63, 3.8) is 0 Å². The van der Waals surface area contributed by atoms with E-state index < -0.39 is 18.2 Å². The van der Waals surface area contributed by atoms with Crippen LogP contribution in [0.2, 0.25) is 0 Å². The van der Waals surface area contributed by atoms with Crippen LogP contribution >= 0.6 is 0 Å². The molecule has 18 heavy (non-hydrogen) atoms. The maximum Gasteiger partial charge on any atom is 0.320 e. The Balaban J connectivity index is 4.03. The van der Waals surface area contributed by atoms with Gasteiger partial charge in [-0.1, -0.05) is 33.1 Å². The number of aliphatic hydroxyl groups is 1. The van der Waals surface area contributed by atoms with Crippen LogP contribution in [0.15, 0.2) is 0 Å². The third-order valence-electron chi connectivity index (χ3n) is 2.94. The number of rotatable bonds is 11. The molecule has 5 heteroatoms. The Bertz CT molecular complexity index is 245. The molecule has 106 valence electrons. The minimum Gasteiger partial charge on any atom is -0.480 e. The van der Waals surface area contributed by atoms with Gasteiger partial charge >= 0.3 is 5.97 Å². The molecule has 0 aromatic rings. The van der Waals surface area contributed by atoms with Crippen molar-refractivity contribution in [2.24, 2.45) is 5.92 Å². The molecule has 0 heterocycles. The van der Waals surface area contributed by atoms with Crippen molar-refractivity contribution in [2.45, 2.75) is 64.6 Å². The molecule has 0 aliphatic rings. The summed E-state index contributed by atoms with van der Waals surface area (Å²) in [4.78, 5) is 21.1. The fourth-order valence-corrected chi connectivity index (χ4v) is 1.86. The number of carboxylic acid groups (broad SMARTS) is 1. The van der Waals surface area contributed by atoms with Crippen LogP contribution in [0, 0.1) is 5.92 Å². The van der Waals surface area contributed by atoms with Crippen LogP contribution in [0.5, 0.6) is 0 Å². The standard InChI is InChI=1S/C13H25NO4/c1-3-4-6-10(2)9-12(16)14-11(13(17)18)7-5-8-15/h8,10-12,14,16H,3-7,9H2,1-2H3,(H,17,18)/t10-,11-,12?/m0/s1. The molecule has 0 saturated carbocycles. The van der Waals surface area contributed by atoms with E-state index in [4.69, 9.17) is 5.11 Å². The molecule has 3 N–H and O–H groups in total. The zero-order chi connectivity index (χ0) is 14.0. The number of carboxylic acids is 1. The highest BCUT2D eigenvalue weighted by Crippen LogP contribution is 2.13. The van der Waals surface area contributed by atoms with E-state index in [0.717, 1.165) is 19.3 Å². The molecular formula is C13H25NO4. The lowest BCUT2D eigenvalue weighted by molar-refractivity contribution is -0.140. The van der Waals surface area contributed by atoms with Crippen LogP contribution in [0.25, 0.3) is 0 Å². The first-order valence-corrected chi connectivity index (χ1v) is 6.61. The zero-order valence-electron chi connectivity index (χ0n) is 11.3. The SMILES string of the molecule is CCCC[C@H](C)CC(O)N[C@@H](CCC=O)C(=O)O. The Hall–Kier alpha value is -0.940. The molecule has 0 rings (SSSR count). The zero-order valence-corrected chi connectivity index (χ0v) is 11.3. The molecule has 1 unspecified atom stereocenters. The monoisotopic (exact) mass is 259 g/mol. The van der Waals surface area contributed by atoms with Crippen LogP contribution in [0.1, 0.15) is 52.4 Å². The van der Waals surface area contributed by atoms with E-state index in [2.05, 4.69) is 12.2 Å². The first kappa shape index (κ1) is 17.1. The minimum absolute atomic E-state index is 0.183. The lowest BCUT2D eigenvalue weighted by Crippen LogP contribution is -2.44. The number of hydrogen-bond acceptors (Lipinski definition) is 4. The molecule has 0 aromatic carbocycles. The summed E-state index contributed by atoms with van der Waals surface area (Å²) in [7, 11) is 0. The minimum atomic E-state index is -1.03. The van der Waals surface area contributed by atoms with Crippen LogP contribution in [-0.2, 0) is 9.59 Å². The van der Waals surface area contributed by atoms with Crippen LogP contribution < -0.4 is 5.32 Å². The van der Waals surface area contributed by atoms with Gasteiger partial charge in [0.15, 0.2) is 0 Å². The second-order valence-electron chi connectivity index (χ2n) is 4.80. The molecule has 0 aliphatic heterocycles. The lowest BCUT2D eigenvalue weighted by Gasteiger charge is -2.21. The molecule has 0 amide bonds. The number of aldehydes is 1. The van der Waals surface area contributed by atoms with E-state index in [1.54, 1.807) is 0 Å². The maximum atomic E-state index is 10.9. The first-order valence-electron chi connectivity index (χ1n) is 6.61. The Morgan fingerprint density at radius 2 is 2.06 bits per heavy atom. The van der Waals surface area contributed by atoms with E-state index in [9.17, 15) is 14.7 Å². The molecule has 0 saturated heterocycles. The van der Waals surface area contributed by atoms with Crippen molar-refractivity contribution in [1.29, 1.82) is 0 Å². The fourth-order valence-electron chi connectivity index (χ4n) is 1.86. The van der Waals surface area contributed by atoms with Crippen molar-refractivity contribution >= 4 is 12.3 Å². The van der Waals surface area contributed by atoms with Gasteiger partial charge in [-0.15, -0.1) is 0 Å². The number of unbranched alkanes of at least 4 members (excludes halogenated alkanes) is 1. The van der Waals surface area contributed by atoms with Crippen molar-refractivity contribution in [3.8, 4) is 0 Å². The number of aliphatic carboxylic acids is 1. The van der Waals surface area contributed by atoms with Gasteiger partial charge < -0.3 is 15.0 Å². The van der Waals surface area contributed by atoms with Gasteiger partial charge in [0, 0.05) is 6.42 Å². The maximum absolute atomic E-state index is 10.9. The second kappa shape index (κ2) is 10.0. The van der Waals surface area contributed by atoms with Crippen LogP contribution in [0.4, 0.5) is 0 Å². The average molecular weight is 259 g/mol. The van der Waals surface area contributed by atoms with Gasteiger partial charge in [0.1, 0.15) is 18.6 Å². The van der Waals surface area contributed by atoms with Gasteiger partial charge in [-0.25, -0.2) is 0 Å². The summed E-state index contributed by atoms with van der Waals surface area (Å²) in [6, 6.07) is -0.858. The predicted molar refractivity (Wildman–Crippen MR) is 69.2 cm³/mol. The van der Waals surface area contributed by atoms with Gasteiger partial charge in [-0.3, -0.25) is 10.1 Å². The summed E-state index contributed by atoms with van der Waals surface area (Å²) in [5.74, 6) is -0.676. The number of aliphatic hydroxyl groups excluding tert-OH is 1. The topological polar surface area (TPSA) is 86.6 Å². The average Bonchev–Trinajstić information content (AvgIpc) is 2.31. The molecule has 0 bridgehead atoms. The van der Waals surface area contributed by atoms with Gasteiger partial charge in [-0.05, 0) is 18.8 Å². The Morgan fingerprint density at radius 3 is 2.56 bits per heavy atom. The molecule has 0 fully saturated rings. The Kier molecular flexibility index (Phi) is 9.50. The Morgan fingerprint density at radius 1 is 1.39 bits per heavy atom. The molecule has 3 atom stereocenters. The summed E-state index contributed by atoms with van der Waals surface area (Å²) in [5.41, 5.74) is 0. The van der Waals surface area contributed by atoms with E-state index in [1.807, 2.05) is 6.92 Å². The highest BCUT2D eigenvalue weighted by atomic mass is 16.4. The van der Waals surface area contributed by atoms with E-state index in [0.29, 0.717) is 18.6 Å². The van der Waals surface area contributed by atoms with E-state index in [-0.39, 0.29) is 12.8 Å². The molecule has 0 radical (unpaired) electrons. The van der Waals surface area contributed by atoms with Gasteiger partial charge in [0.2, 0.25) is 0 Å². The van der Waals surface area contributed by atoms with Gasteiger partial charge in [0.25, 0.3) is 0 Å². The van der Waals surface area contributed by atoms with Crippen molar-refractivity contribution < 1.29 is 19.8 Å². The number of carbonyl (C=O) groups is 2. The predicted octanol–water partition coefficient (Wildman–Crippen LogP) is 1.54. The molecular weight excluding hydrogens is 234 g/mol. The summed E-state index contributed by atoms with van der Waals surface area (Å²) < 4.78 is 0. The largest absolute Gasteiger partial charge is 0.480 e. The fraction of sp³-hybridized carbons (Fsp3) is 0.846.